The minimum atomic E-state index is -0.388. The van der Waals surface area contributed by atoms with Crippen molar-refractivity contribution in [2.75, 3.05) is 0 Å². The summed E-state index contributed by atoms with van der Waals surface area (Å²) in [6, 6.07) is 5.55. The van der Waals surface area contributed by atoms with Gasteiger partial charge in [0.05, 0.1) is 0 Å². The molecule has 14 heavy (non-hydrogen) atoms. The normalized spacial score (nSPS) is 10.7. The molecule has 0 bridgehead atoms. The van der Waals surface area contributed by atoms with Crippen LogP contribution in [0, 0.1) is 5.82 Å². The van der Waals surface area contributed by atoms with E-state index in [1.54, 1.807) is 0 Å². The highest BCUT2D eigenvalue weighted by Gasteiger charge is 2.04. The molecule has 2 aromatic rings. The summed E-state index contributed by atoms with van der Waals surface area (Å²) < 4.78 is 17.9. The Morgan fingerprint density at radius 1 is 1.36 bits per heavy atom. The van der Waals surface area contributed by atoms with Gasteiger partial charge in [-0.25, -0.2) is 9.18 Å². The molecule has 1 heterocycles. The van der Waals surface area contributed by atoms with Gasteiger partial charge in [-0.1, -0.05) is 6.92 Å². The first-order valence-electron chi connectivity index (χ1n) is 4.43. The molecule has 0 saturated carbocycles. The number of aryl methyl sites for hydroxylation is 1. The fourth-order valence-corrected chi connectivity index (χ4v) is 1.49. The van der Waals surface area contributed by atoms with Crippen LogP contribution >= 0.6 is 0 Å². The van der Waals surface area contributed by atoms with E-state index in [2.05, 4.69) is 0 Å². The minimum absolute atomic E-state index is 0.318. The van der Waals surface area contributed by atoms with E-state index in [0.29, 0.717) is 17.4 Å². The van der Waals surface area contributed by atoms with E-state index in [0.717, 1.165) is 5.56 Å². The van der Waals surface area contributed by atoms with E-state index in [9.17, 15) is 9.18 Å². The Balaban J connectivity index is 2.88. The number of hydrogen-bond donors (Lipinski definition) is 0. The number of benzene rings is 1. The first-order chi connectivity index (χ1) is 6.70. The Labute approximate surface area is 80.0 Å². The summed E-state index contributed by atoms with van der Waals surface area (Å²) in [6.07, 6.45) is 0.686. The molecule has 0 saturated heterocycles. The predicted molar refractivity (Wildman–Crippen MR) is 51.8 cm³/mol. The van der Waals surface area contributed by atoms with E-state index >= 15 is 0 Å². The Morgan fingerprint density at radius 3 is 2.86 bits per heavy atom. The van der Waals surface area contributed by atoms with Gasteiger partial charge in [0.2, 0.25) is 0 Å². The Hall–Kier alpha value is -1.64. The maximum atomic E-state index is 12.9. The van der Waals surface area contributed by atoms with Gasteiger partial charge in [-0.05, 0) is 30.2 Å². The SMILES string of the molecule is CCc1cc(=O)oc2ccc(F)cc12. The molecule has 0 aliphatic rings. The lowest BCUT2D eigenvalue weighted by Gasteiger charge is -2.01. The molecule has 0 unspecified atom stereocenters. The van der Waals surface area contributed by atoms with Crippen LogP contribution in [0.4, 0.5) is 4.39 Å². The molecule has 0 aliphatic heterocycles. The average Bonchev–Trinajstić information content (AvgIpc) is 2.17. The Kier molecular flexibility index (Phi) is 2.08. The standard InChI is InChI=1S/C11H9FO2/c1-2-7-5-11(13)14-10-4-3-8(12)6-9(7)10/h3-6H,2H2,1H3. The van der Waals surface area contributed by atoms with Crippen LogP contribution < -0.4 is 5.63 Å². The summed E-state index contributed by atoms with van der Waals surface area (Å²) in [4.78, 5) is 11.1. The summed E-state index contributed by atoms with van der Waals surface area (Å²) in [5.74, 6) is -0.318. The highest BCUT2D eigenvalue weighted by molar-refractivity contribution is 5.80. The fraction of sp³-hybridized carbons (Fsp3) is 0.182. The Morgan fingerprint density at radius 2 is 2.14 bits per heavy atom. The van der Waals surface area contributed by atoms with Gasteiger partial charge in [0.1, 0.15) is 11.4 Å². The number of halogens is 1. The second kappa shape index (κ2) is 3.25. The summed E-state index contributed by atoms with van der Waals surface area (Å²) in [5, 5.41) is 0.673. The molecule has 0 spiro atoms. The zero-order valence-corrected chi connectivity index (χ0v) is 7.71. The summed E-state index contributed by atoms with van der Waals surface area (Å²) >= 11 is 0. The summed E-state index contributed by atoms with van der Waals surface area (Å²) in [5.41, 5.74) is 0.868. The molecule has 0 aliphatic carbocycles. The van der Waals surface area contributed by atoms with Gasteiger partial charge in [0, 0.05) is 11.5 Å². The smallest absolute Gasteiger partial charge is 0.336 e. The highest BCUT2D eigenvalue weighted by Crippen LogP contribution is 2.18. The first kappa shape index (κ1) is 8.94. The van der Waals surface area contributed by atoms with Crippen molar-refractivity contribution in [2.24, 2.45) is 0 Å². The molecule has 2 rings (SSSR count). The Bertz CT molecular complexity index is 528. The van der Waals surface area contributed by atoms with Crippen molar-refractivity contribution in [3.8, 4) is 0 Å². The number of rotatable bonds is 1. The third-order valence-electron chi connectivity index (χ3n) is 2.17. The molecule has 0 atom stereocenters. The first-order valence-corrected chi connectivity index (χ1v) is 4.43. The van der Waals surface area contributed by atoms with Crippen molar-refractivity contribution in [2.45, 2.75) is 13.3 Å². The monoisotopic (exact) mass is 192 g/mol. The van der Waals surface area contributed by atoms with Gasteiger partial charge >= 0.3 is 5.63 Å². The zero-order chi connectivity index (χ0) is 10.1. The second-order valence-electron chi connectivity index (χ2n) is 3.08. The van der Waals surface area contributed by atoms with Crippen molar-refractivity contribution in [3.05, 3.63) is 46.1 Å². The van der Waals surface area contributed by atoms with Crippen LogP contribution in [-0.4, -0.2) is 0 Å². The maximum absolute atomic E-state index is 12.9. The quantitative estimate of drug-likeness (QED) is 0.650. The lowest BCUT2D eigenvalue weighted by Crippen LogP contribution is -1.99. The van der Waals surface area contributed by atoms with Gasteiger partial charge in [-0.3, -0.25) is 0 Å². The molecular weight excluding hydrogens is 183 g/mol. The number of hydrogen-bond acceptors (Lipinski definition) is 2. The van der Waals surface area contributed by atoms with Crippen LogP contribution in [0.1, 0.15) is 12.5 Å². The minimum Gasteiger partial charge on any atom is -0.423 e. The van der Waals surface area contributed by atoms with Gasteiger partial charge in [0.15, 0.2) is 0 Å². The largest absolute Gasteiger partial charge is 0.423 e. The molecule has 0 fully saturated rings. The third kappa shape index (κ3) is 1.41. The molecule has 0 amide bonds. The van der Waals surface area contributed by atoms with Crippen LogP contribution in [0.3, 0.4) is 0 Å². The predicted octanol–water partition coefficient (Wildman–Crippen LogP) is 2.49. The molecule has 0 N–H and O–H groups in total. The molecule has 72 valence electrons. The maximum Gasteiger partial charge on any atom is 0.336 e. The van der Waals surface area contributed by atoms with E-state index in [1.165, 1.54) is 24.3 Å². The van der Waals surface area contributed by atoms with E-state index < -0.39 is 0 Å². The van der Waals surface area contributed by atoms with E-state index in [4.69, 9.17) is 4.42 Å². The number of fused-ring (bicyclic) bond motifs is 1. The second-order valence-corrected chi connectivity index (χ2v) is 3.08. The lowest BCUT2D eigenvalue weighted by molar-refractivity contribution is 0.556. The zero-order valence-electron chi connectivity index (χ0n) is 7.71. The molecule has 1 aromatic heterocycles. The molecule has 0 radical (unpaired) electrons. The van der Waals surface area contributed by atoms with Crippen molar-refractivity contribution < 1.29 is 8.81 Å². The van der Waals surface area contributed by atoms with Crippen LogP contribution in [0.2, 0.25) is 0 Å². The lowest BCUT2D eigenvalue weighted by atomic mass is 10.1. The van der Waals surface area contributed by atoms with Crippen molar-refractivity contribution in [3.63, 3.8) is 0 Å². The van der Waals surface area contributed by atoms with Crippen LogP contribution in [0.5, 0.6) is 0 Å². The van der Waals surface area contributed by atoms with Gasteiger partial charge in [-0.2, -0.15) is 0 Å². The molecular formula is C11H9FO2. The molecule has 1 aromatic carbocycles. The van der Waals surface area contributed by atoms with Crippen LogP contribution in [0.15, 0.2) is 33.5 Å². The van der Waals surface area contributed by atoms with E-state index in [-0.39, 0.29) is 11.4 Å². The summed E-state index contributed by atoms with van der Waals surface area (Å²) in [6.45, 7) is 1.92. The van der Waals surface area contributed by atoms with Crippen molar-refractivity contribution >= 4 is 11.0 Å². The van der Waals surface area contributed by atoms with E-state index in [1.807, 2.05) is 6.92 Å². The highest BCUT2D eigenvalue weighted by atomic mass is 19.1. The van der Waals surface area contributed by atoms with Gasteiger partial charge < -0.3 is 4.42 Å². The van der Waals surface area contributed by atoms with Crippen LogP contribution in [0.25, 0.3) is 11.0 Å². The molecule has 3 heteroatoms. The fourth-order valence-electron chi connectivity index (χ4n) is 1.49. The van der Waals surface area contributed by atoms with Gasteiger partial charge in [0.25, 0.3) is 0 Å². The topological polar surface area (TPSA) is 30.2 Å². The summed E-state index contributed by atoms with van der Waals surface area (Å²) in [7, 11) is 0. The van der Waals surface area contributed by atoms with Crippen molar-refractivity contribution in [1.29, 1.82) is 0 Å². The van der Waals surface area contributed by atoms with Gasteiger partial charge in [-0.15, -0.1) is 0 Å². The third-order valence-corrected chi connectivity index (χ3v) is 2.17. The van der Waals surface area contributed by atoms with Crippen molar-refractivity contribution in [1.82, 2.24) is 0 Å². The van der Waals surface area contributed by atoms with Crippen LogP contribution in [-0.2, 0) is 6.42 Å². The average molecular weight is 192 g/mol. The molecule has 2 nitrogen and oxygen atoms in total.